The van der Waals surface area contributed by atoms with E-state index in [4.69, 9.17) is 11.6 Å². The molecular formula is C20H16ClN3S. The maximum atomic E-state index is 6.06. The minimum atomic E-state index is 0.728. The van der Waals surface area contributed by atoms with Crippen molar-refractivity contribution in [3.63, 3.8) is 0 Å². The number of benzene rings is 2. The van der Waals surface area contributed by atoms with Gasteiger partial charge in [-0.25, -0.2) is 9.97 Å². The van der Waals surface area contributed by atoms with Crippen LogP contribution in [0.2, 0.25) is 5.02 Å². The number of nitrogens with one attached hydrogen (secondary N) is 1. The first kappa shape index (κ1) is 16.1. The smallest absolute Gasteiger partial charge is 0.143 e. The van der Waals surface area contributed by atoms with Gasteiger partial charge in [0.15, 0.2) is 0 Å². The van der Waals surface area contributed by atoms with E-state index in [1.807, 2.05) is 25.1 Å². The van der Waals surface area contributed by atoms with Crippen LogP contribution in [-0.2, 0) is 0 Å². The molecule has 1 N–H and O–H groups in total. The minimum absolute atomic E-state index is 0.728. The second-order valence-electron chi connectivity index (χ2n) is 6.00. The Hall–Kier alpha value is -2.43. The van der Waals surface area contributed by atoms with E-state index in [-0.39, 0.29) is 0 Å². The zero-order valence-corrected chi connectivity index (χ0v) is 15.4. The SMILES string of the molecule is Cc1ccc(-c2csc3ncnc(Nc4ccc(Cl)cc4C)c23)cc1. The van der Waals surface area contributed by atoms with Crippen LogP contribution in [0.1, 0.15) is 11.1 Å². The second-order valence-corrected chi connectivity index (χ2v) is 7.30. The monoisotopic (exact) mass is 365 g/mol. The van der Waals surface area contributed by atoms with Crippen molar-refractivity contribution in [1.29, 1.82) is 0 Å². The predicted molar refractivity (Wildman–Crippen MR) is 107 cm³/mol. The molecule has 0 radical (unpaired) electrons. The Kier molecular flexibility index (Phi) is 4.15. The Labute approximate surface area is 155 Å². The van der Waals surface area contributed by atoms with Crippen molar-refractivity contribution in [3.8, 4) is 11.1 Å². The van der Waals surface area contributed by atoms with Crippen LogP contribution in [-0.4, -0.2) is 9.97 Å². The molecule has 3 nitrogen and oxygen atoms in total. The molecule has 2 aromatic carbocycles. The van der Waals surface area contributed by atoms with E-state index in [1.165, 1.54) is 11.1 Å². The van der Waals surface area contributed by atoms with Crippen LogP contribution in [0.4, 0.5) is 11.5 Å². The van der Waals surface area contributed by atoms with Gasteiger partial charge in [-0.05, 0) is 43.2 Å². The molecule has 0 saturated heterocycles. The lowest BCUT2D eigenvalue weighted by molar-refractivity contribution is 1.23. The quantitative estimate of drug-likeness (QED) is 0.458. The molecule has 0 bridgehead atoms. The van der Waals surface area contributed by atoms with Crippen LogP contribution < -0.4 is 5.32 Å². The highest BCUT2D eigenvalue weighted by Gasteiger charge is 2.14. The molecule has 0 aliphatic carbocycles. The summed E-state index contributed by atoms with van der Waals surface area (Å²) in [5, 5.41) is 7.37. The van der Waals surface area contributed by atoms with Gasteiger partial charge < -0.3 is 5.32 Å². The molecule has 2 aromatic heterocycles. The van der Waals surface area contributed by atoms with E-state index in [0.29, 0.717) is 0 Å². The first-order chi connectivity index (χ1) is 12.1. The number of aryl methyl sites for hydroxylation is 2. The van der Waals surface area contributed by atoms with Crippen molar-refractivity contribution in [3.05, 3.63) is 70.3 Å². The van der Waals surface area contributed by atoms with E-state index in [0.717, 1.165) is 37.9 Å². The average molecular weight is 366 g/mol. The summed E-state index contributed by atoms with van der Waals surface area (Å²) in [4.78, 5) is 9.90. The first-order valence-corrected chi connectivity index (χ1v) is 9.20. The third-order valence-electron chi connectivity index (χ3n) is 4.17. The molecule has 0 atom stereocenters. The molecule has 25 heavy (non-hydrogen) atoms. The number of hydrogen-bond acceptors (Lipinski definition) is 4. The molecular weight excluding hydrogens is 350 g/mol. The summed E-state index contributed by atoms with van der Waals surface area (Å²) in [6.45, 7) is 4.12. The number of halogens is 1. The number of fused-ring (bicyclic) bond motifs is 1. The number of hydrogen-bond donors (Lipinski definition) is 1. The fourth-order valence-corrected chi connectivity index (χ4v) is 3.95. The van der Waals surface area contributed by atoms with Gasteiger partial charge in [-0.1, -0.05) is 41.4 Å². The van der Waals surface area contributed by atoms with Crippen molar-refractivity contribution in [1.82, 2.24) is 9.97 Å². The van der Waals surface area contributed by atoms with E-state index in [2.05, 4.69) is 51.9 Å². The predicted octanol–water partition coefficient (Wildman–Crippen LogP) is 6.37. The third-order valence-corrected chi connectivity index (χ3v) is 5.30. The summed E-state index contributed by atoms with van der Waals surface area (Å²) < 4.78 is 0. The van der Waals surface area contributed by atoms with Gasteiger partial charge in [-0.3, -0.25) is 0 Å². The number of thiophene rings is 1. The molecule has 0 aliphatic rings. The van der Waals surface area contributed by atoms with Crippen molar-refractivity contribution in [2.45, 2.75) is 13.8 Å². The van der Waals surface area contributed by atoms with Crippen molar-refractivity contribution >= 4 is 44.7 Å². The Morgan fingerprint density at radius 2 is 1.80 bits per heavy atom. The van der Waals surface area contributed by atoms with Crippen LogP contribution in [0.5, 0.6) is 0 Å². The lowest BCUT2D eigenvalue weighted by atomic mass is 10.0. The maximum absolute atomic E-state index is 6.06. The largest absolute Gasteiger partial charge is 0.339 e. The van der Waals surface area contributed by atoms with Crippen LogP contribution in [0.3, 0.4) is 0 Å². The van der Waals surface area contributed by atoms with Gasteiger partial charge in [-0.15, -0.1) is 11.3 Å². The minimum Gasteiger partial charge on any atom is -0.339 e. The topological polar surface area (TPSA) is 37.8 Å². The molecule has 0 spiro atoms. The van der Waals surface area contributed by atoms with Crippen molar-refractivity contribution in [2.75, 3.05) is 5.32 Å². The van der Waals surface area contributed by atoms with E-state index in [9.17, 15) is 0 Å². The number of nitrogens with zero attached hydrogens (tertiary/aromatic N) is 2. The lowest BCUT2D eigenvalue weighted by Crippen LogP contribution is -1.97. The van der Waals surface area contributed by atoms with Gasteiger partial charge in [0.05, 0.1) is 5.39 Å². The van der Waals surface area contributed by atoms with Crippen LogP contribution in [0.25, 0.3) is 21.3 Å². The molecule has 4 aromatic rings. The van der Waals surface area contributed by atoms with Crippen LogP contribution in [0, 0.1) is 13.8 Å². The molecule has 0 amide bonds. The summed E-state index contributed by atoms with van der Waals surface area (Å²) in [5.74, 6) is 0.812. The highest BCUT2D eigenvalue weighted by Crippen LogP contribution is 2.37. The van der Waals surface area contributed by atoms with Gasteiger partial charge in [0.1, 0.15) is 17.0 Å². The molecule has 0 saturated carbocycles. The van der Waals surface area contributed by atoms with Gasteiger partial charge in [0.2, 0.25) is 0 Å². The fraction of sp³-hybridized carbons (Fsp3) is 0.100. The Bertz CT molecular complexity index is 1050. The first-order valence-electron chi connectivity index (χ1n) is 7.94. The Balaban J connectivity index is 1.84. The zero-order valence-electron chi connectivity index (χ0n) is 13.9. The second kappa shape index (κ2) is 6.47. The van der Waals surface area contributed by atoms with E-state index < -0.39 is 0 Å². The van der Waals surface area contributed by atoms with Crippen LogP contribution in [0.15, 0.2) is 54.2 Å². The zero-order chi connectivity index (χ0) is 17.4. The number of rotatable bonds is 3. The molecule has 124 valence electrons. The van der Waals surface area contributed by atoms with Gasteiger partial charge >= 0.3 is 0 Å². The number of aromatic nitrogens is 2. The lowest BCUT2D eigenvalue weighted by Gasteiger charge is -2.11. The standard InChI is InChI=1S/C20H16ClN3S/c1-12-3-5-14(6-4-12)16-10-25-20-18(16)19(22-11-23-20)24-17-8-7-15(21)9-13(17)2/h3-11H,1-2H3,(H,22,23,24). The van der Waals surface area contributed by atoms with Gasteiger partial charge in [-0.2, -0.15) is 0 Å². The Morgan fingerprint density at radius 3 is 2.56 bits per heavy atom. The van der Waals surface area contributed by atoms with Gasteiger partial charge in [0.25, 0.3) is 0 Å². The molecule has 4 rings (SSSR count). The highest BCUT2D eigenvalue weighted by atomic mass is 35.5. The summed E-state index contributed by atoms with van der Waals surface area (Å²) in [7, 11) is 0. The molecule has 2 heterocycles. The molecule has 0 aliphatic heterocycles. The molecule has 0 unspecified atom stereocenters. The van der Waals surface area contributed by atoms with E-state index in [1.54, 1.807) is 17.7 Å². The molecule has 5 heteroatoms. The van der Waals surface area contributed by atoms with Crippen LogP contribution >= 0.6 is 22.9 Å². The fourth-order valence-electron chi connectivity index (χ4n) is 2.81. The van der Waals surface area contributed by atoms with Gasteiger partial charge in [0, 0.05) is 21.7 Å². The maximum Gasteiger partial charge on any atom is 0.143 e. The van der Waals surface area contributed by atoms with E-state index >= 15 is 0 Å². The average Bonchev–Trinajstić information content (AvgIpc) is 3.03. The summed E-state index contributed by atoms with van der Waals surface area (Å²) in [6.07, 6.45) is 1.60. The summed E-state index contributed by atoms with van der Waals surface area (Å²) in [5.41, 5.74) is 5.63. The summed E-state index contributed by atoms with van der Waals surface area (Å²) in [6, 6.07) is 14.3. The highest BCUT2D eigenvalue weighted by molar-refractivity contribution is 7.17. The Morgan fingerprint density at radius 1 is 1.00 bits per heavy atom. The summed E-state index contributed by atoms with van der Waals surface area (Å²) >= 11 is 7.70. The van der Waals surface area contributed by atoms with Crippen molar-refractivity contribution in [2.24, 2.45) is 0 Å². The molecule has 0 fully saturated rings. The normalized spacial score (nSPS) is 11.0. The van der Waals surface area contributed by atoms with Crippen molar-refractivity contribution < 1.29 is 0 Å². The number of anilines is 2. The third kappa shape index (κ3) is 3.11.